The second-order valence-electron chi connectivity index (χ2n) is 10.4. The maximum Gasteiger partial charge on any atom is 0.271 e. The molecule has 0 radical (unpaired) electrons. The van der Waals surface area contributed by atoms with Gasteiger partial charge in [0.05, 0.1) is 18.7 Å². The monoisotopic (exact) mass is 584 g/mol. The lowest BCUT2D eigenvalue weighted by molar-refractivity contribution is -0.131. The molecule has 12 nitrogen and oxygen atoms in total. The molecule has 4 bridgehead atoms. The Morgan fingerprint density at radius 1 is 1.05 bits per heavy atom. The number of amides is 4. The number of thiazole rings is 1. The smallest absolute Gasteiger partial charge is 0.271 e. The molecule has 13 heteroatoms. The summed E-state index contributed by atoms with van der Waals surface area (Å²) in [6, 6.07) is 5.90. The van der Waals surface area contributed by atoms with Crippen molar-refractivity contribution in [1.29, 1.82) is 0 Å². The Morgan fingerprint density at radius 2 is 1.78 bits per heavy atom. The van der Waals surface area contributed by atoms with E-state index in [0.29, 0.717) is 11.4 Å². The molecule has 4 rings (SSSR count). The number of nitrogens with zero attached hydrogens (tertiary/aromatic N) is 2. The van der Waals surface area contributed by atoms with Gasteiger partial charge in [-0.05, 0) is 25.3 Å². The predicted octanol–water partition coefficient (Wildman–Crippen LogP) is 0.869. The van der Waals surface area contributed by atoms with Crippen LogP contribution in [0.25, 0.3) is 0 Å². The van der Waals surface area contributed by atoms with Gasteiger partial charge < -0.3 is 31.1 Å². The zero-order valence-electron chi connectivity index (χ0n) is 23.4. The van der Waals surface area contributed by atoms with Crippen molar-refractivity contribution in [3.63, 3.8) is 0 Å². The fraction of sp³-hybridized carbons (Fsp3) is 0.500. The molecule has 1 aromatic heterocycles. The molecule has 0 fully saturated rings. The fourth-order valence-electron chi connectivity index (χ4n) is 4.62. The largest absolute Gasteiger partial charge is 0.474 e. The summed E-state index contributed by atoms with van der Waals surface area (Å²) in [6.45, 7) is 6.65. The Labute approximate surface area is 242 Å². The van der Waals surface area contributed by atoms with Gasteiger partial charge in [0, 0.05) is 11.8 Å². The number of carbonyl (C=O) groups excluding carboxylic acids is 4. The normalized spacial score (nSPS) is 27.1. The number of fused-ring (bicyclic) bond motifs is 3. The van der Waals surface area contributed by atoms with Gasteiger partial charge in [-0.3, -0.25) is 19.2 Å². The summed E-state index contributed by atoms with van der Waals surface area (Å²) in [5.74, 6) is -2.10. The Kier molecular flexibility index (Phi) is 9.71. The van der Waals surface area contributed by atoms with Crippen LogP contribution in [-0.2, 0) is 25.5 Å². The summed E-state index contributed by atoms with van der Waals surface area (Å²) in [5, 5.41) is 23.3. The Morgan fingerprint density at radius 3 is 2.46 bits per heavy atom. The van der Waals surface area contributed by atoms with Crippen LogP contribution in [0.1, 0.15) is 61.2 Å². The van der Waals surface area contributed by atoms with Gasteiger partial charge in [0.1, 0.15) is 28.9 Å². The van der Waals surface area contributed by atoms with Gasteiger partial charge in [0.25, 0.3) is 5.91 Å². The third-order valence-corrected chi connectivity index (χ3v) is 8.13. The summed E-state index contributed by atoms with van der Waals surface area (Å²) in [7, 11) is 0. The van der Waals surface area contributed by atoms with Crippen molar-refractivity contribution in [2.75, 3.05) is 6.54 Å². The van der Waals surface area contributed by atoms with Crippen molar-refractivity contribution in [3.05, 3.63) is 52.0 Å². The van der Waals surface area contributed by atoms with Crippen LogP contribution < -0.4 is 21.3 Å². The Hall–Kier alpha value is -3.84. The molecule has 7 atom stereocenters. The highest BCUT2D eigenvalue weighted by Gasteiger charge is 2.39. The molecule has 0 saturated heterocycles. The number of ether oxygens (including phenoxy) is 1. The molecule has 2 aromatic rings. The lowest BCUT2D eigenvalue weighted by atomic mass is 9.99. The number of aliphatic hydroxyl groups excluding tert-OH is 1. The SMILES string of the molecule is CC[C@H](C)[C@H]1NC(=O)[C@H]2N=C(O[C@@H]2C)[C@H](Cc2ccccc2)NC(=O)[C@H]([C@@H](C)O)NC(=O)CNC(=O)c2csc1n2. The third-order valence-electron chi connectivity index (χ3n) is 7.21. The molecule has 3 heterocycles. The Bertz CT molecular complexity index is 1300. The number of carbonyl (C=O) groups is 4. The zero-order valence-corrected chi connectivity index (χ0v) is 24.2. The first-order chi connectivity index (χ1) is 19.6. The number of rotatable bonds is 5. The van der Waals surface area contributed by atoms with E-state index >= 15 is 0 Å². The van der Waals surface area contributed by atoms with Crippen molar-refractivity contribution in [1.82, 2.24) is 26.3 Å². The van der Waals surface area contributed by atoms with Gasteiger partial charge in [-0.25, -0.2) is 9.98 Å². The van der Waals surface area contributed by atoms with Crippen LogP contribution in [-0.4, -0.2) is 76.5 Å². The summed E-state index contributed by atoms with van der Waals surface area (Å²) in [5.41, 5.74) is 0.983. The van der Waals surface area contributed by atoms with Crippen LogP contribution in [0.15, 0.2) is 40.7 Å². The van der Waals surface area contributed by atoms with Crippen molar-refractivity contribution >= 4 is 40.9 Å². The minimum Gasteiger partial charge on any atom is -0.474 e. The molecule has 0 saturated carbocycles. The molecule has 0 spiro atoms. The topological polar surface area (TPSA) is 171 Å². The molecule has 220 valence electrons. The van der Waals surface area contributed by atoms with E-state index in [9.17, 15) is 24.3 Å². The van der Waals surface area contributed by atoms with E-state index in [-0.39, 0.29) is 23.4 Å². The predicted molar refractivity (Wildman–Crippen MR) is 152 cm³/mol. The maximum absolute atomic E-state index is 13.5. The minimum atomic E-state index is -1.32. The highest BCUT2D eigenvalue weighted by molar-refractivity contribution is 7.09. The first-order valence-corrected chi connectivity index (χ1v) is 14.5. The van der Waals surface area contributed by atoms with Crippen LogP contribution >= 0.6 is 11.3 Å². The number of aromatic nitrogens is 1. The molecular formula is C28H36N6O6S. The van der Waals surface area contributed by atoms with E-state index in [0.717, 1.165) is 12.0 Å². The van der Waals surface area contributed by atoms with Crippen molar-refractivity contribution < 1.29 is 29.0 Å². The average molecular weight is 585 g/mol. The number of hydrogen-bond acceptors (Lipinski definition) is 9. The summed E-state index contributed by atoms with van der Waals surface area (Å²) in [6.07, 6.45) is -0.835. The van der Waals surface area contributed by atoms with E-state index in [1.165, 1.54) is 18.3 Å². The highest BCUT2D eigenvalue weighted by Crippen LogP contribution is 2.28. The molecule has 0 unspecified atom stereocenters. The molecule has 2 aliphatic rings. The highest BCUT2D eigenvalue weighted by atomic mass is 32.1. The molecule has 4 amide bonds. The van der Waals surface area contributed by atoms with Crippen LogP contribution in [0, 0.1) is 5.92 Å². The van der Waals surface area contributed by atoms with Gasteiger partial charge in [0.2, 0.25) is 23.6 Å². The van der Waals surface area contributed by atoms with E-state index in [1.54, 1.807) is 12.3 Å². The van der Waals surface area contributed by atoms with E-state index in [2.05, 4.69) is 31.2 Å². The first-order valence-electron chi connectivity index (χ1n) is 13.7. The molecule has 2 aliphatic heterocycles. The van der Waals surface area contributed by atoms with Crippen molar-refractivity contribution in [3.8, 4) is 0 Å². The quantitative estimate of drug-likeness (QED) is 0.347. The number of aliphatic imine (C=N–C) groups is 1. The second kappa shape index (κ2) is 13.2. The zero-order chi connectivity index (χ0) is 29.7. The van der Waals surface area contributed by atoms with Gasteiger partial charge in [-0.2, -0.15) is 0 Å². The van der Waals surface area contributed by atoms with Gasteiger partial charge in [-0.1, -0.05) is 50.6 Å². The summed E-state index contributed by atoms with van der Waals surface area (Å²) in [4.78, 5) is 61.3. The van der Waals surface area contributed by atoms with E-state index in [1.807, 2.05) is 44.2 Å². The lowest BCUT2D eigenvalue weighted by Crippen LogP contribution is -2.57. The number of hydrogen-bond donors (Lipinski definition) is 5. The van der Waals surface area contributed by atoms with Crippen molar-refractivity contribution in [2.24, 2.45) is 10.9 Å². The van der Waals surface area contributed by atoms with Crippen LogP contribution in [0.2, 0.25) is 0 Å². The fourth-order valence-corrected chi connectivity index (χ4v) is 5.60. The van der Waals surface area contributed by atoms with Crippen molar-refractivity contribution in [2.45, 2.75) is 76.9 Å². The molecule has 1 aromatic carbocycles. The number of aliphatic hydroxyl groups is 1. The molecule has 41 heavy (non-hydrogen) atoms. The number of nitrogens with one attached hydrogen (secondary N) is 4. The van der Waals surface area contributed by atoms with Gasteiger partial charge in [-0.15, -0.1) is 11.3 Å². The minimum absolute atomic E-state index is 0.000912. The van der Waals surface area contributed by atoms with Crippen LogP contribution in [0.3, 0.4) is 0 Å². The standard InChI is InChI=1S/C28H36N6O6S/c1-5-14(2)21-28-31-19(13-41-28)24(37)29-12-20(36)32-22(15(3)35)25(38)30-18(11-17-9-7-6-8-10-17)27-34-23(16(4)40-27)26(39)33-21/h6-10,13-16,18,21-23,35H,5,11-12H2,1-4H3,(H,29,37)(H,30,38)(H,32,36)(H,33,39)/t14-,15+,16+,18-,21+,22-,23-/m0/s1. The maximum atomic E-state index is 13.5. The van der Waals surface area contributed by atoms with Gasteiger partial charge >= 0.3 is 0 Å². The summed E-state index contributed by atoms with van der Waals surface area (Å²) < 4.78 is 6.03. The number of benzene rings is 1. The lowest BCUT2D eigenvalue weighted by Gasteiger charge is -2.25. The van der Waals surface area contributed by atoms with Crippen LogP contribution in [0.5, 0.6) is 0 Å². The molecule has 0 aliphatic carbocycles. The molecular weight excluding hydrogens is 548 g/mol. The van der Waals surface area contributed by atoms with Crippen LogP contribution in [0.4, 0.5) is 0 Å². The third kappa shape index (κ3) is 7.27. The Balaban J connectivity index is 1.72. The average Bonchev–Trinajstić information content (AvgIpc) is 3.59. The molecule has 5 N–H and O–H groups in total. The first kappa shape index (κ1) is 30.1. The second-order valence-corrected chi connectivity index (χ2v) is 11.3. The van der Waals surface area contributed by atoms with Gasteiger partial charge in [0.15, 0.2) is 6.04 Å². The summed E-state index contributed by atoms with van der Waals surface area (Å²) >= 11 is 1.24. The van der Waals surface area contributed by atoms with E-state index < -0.39 is 60.6 Å². The van der Waals surface area contributed by atoms with E-state index in [4.69, 9.17) is 4.74 Å².